The number of carbonyl (C=O) groups excluding carboxylic acids is 2. The van der Waals surface area contributed by atoms with Crippen molar-refractivity contribution in [2.24, 2.45) is 0 Å². The van der Waals surface area contributed by atoms with E-state index in [1.165, 1.54) is 23.3 Å². The number of aliphatic hydroxyl groups is 1. The fourth-order valence-corrected chi connectivity index (χ4v) is 5.77. The maximum absolute atomic E-state index is 13.5. The zero-order valence-corrected chi connectivity index (χ0v) is 23.3. The van der Waals surface area contributed by atoms with Gasteiger partial charge < -0.3 is 14.6 Å². The number of halogens is 1. The summed E-state index contributed by atoms with van der Waals surface area (Å²) in [5, 5.41) is 12.3. The second-order valence-corrected chi connectivity index (χ2v) is 10.7. The molecule has 7 nitrogen and oxygen atoms in total. The van der Waals surface area contributed by atoms with Crippen molar-refractivity contribution in [3.05, 3.63) is 87.9 Å². The van der Waals surface area contributed by atoms with Gasteiger partial charge in [0, 0.05) is 10.6 Å². The first-order valence-electron chi connectivity index (χ1n) is 12.6. The number of rotatable bonds is 8. The lowest BCUT2D eigenvalue weighted by atomic mass is 9.95. The number of nitrogens with zero attached hydrogens (tertiary/aromatic N) is 2. The average Bonchev–Trinajstić information content (AvgIpc) is 3.46. The lowest BCUT2D eigenvalue weighted by Gasteiger charge is -2.24. The number of amides is 1. The van der Waals surface area contributed by atoms with E-state index >= 15 is 0 Å². The van der Waals surface area contributed by atoms with Crippen LogP contribution in [0.2, 0.25) is 5.02 Å². The molecule has 1 saturated heterocycles. The van der Waals surface area contributed by atoms with Crippen molar-refractivity contribution in [2.45, 2.75) is 32.7 Å². The minimum absolute atomic E-state index is 0.0251. The number of aromatic nitrogens is 1. The van der Waals surface area contributed by atoms with Gasteiger partial charge in [-0.1, -0.05) is 72.2 Å². The Morgan fingerprint density at radius 2 is 1.85 bits per heavy atom. The molecule has 4 aromatic rings. The minimum Gasteiger partial charge on any atom is -0.507 e. The molecule has 39 heavy (non-hydrogen) atoms. The number of benzene rings is 3. The Morgan fingerprint density at radius 1 is 1.08 bits per heavy atom. The van der Waals surface area contributed by atoms with Crippen molar-refractivity contribution in [1.82, 2.24) is 4.98 Å². The third-order valence-corrected chi connectivity index (χ3v) is 7.83. The molecule has 1 amide bonds. The van der Waals surface area contributed by atoms with Crippen LogP contribution in [0, 0.1) is 6.92 Å². The number of aliphatic hydroxyl groups excluding tert-OH is 1. The van der Waals surface area contributed by atoms with Crippen LogP contribution in [0.1, 0.15) is 42.5 Å². The fraction of sp³-hybridized carbons (Fsp3) is 0.233. The number of fused-ring (bicyclic) bond motifs is 1. The molecule has 0 aliphatic carbocycles. The maximum atomic E-state index is 13.5. The lowest BCUT2D eigenvalue weighted by Crippen LogP contribution is -2.29. The molecule has 5 rings (SSSR count). The number of ether oxygens (including phenoxy) is 2. The average molecular weight is 563 g/mol. The third kappa shape index (κ3) is 5.10. The van der Waals surface area contributed by atoms with Crippen molar-refractivity contribution in [3.63, 3.8) is 0 Å². The molecule has 0 bridgehead atoms. The molecule has 1 aliphatic rings. The van der Waals surface area contributed by atoms with Crippen molar-refractivity contribution in [1.29, 1.82) is 0 Å². The van der Waals surface area contributed by atoms with E-state index in [0.717, 1.165) is 23.1 Å². The zero-order chi connectivity index (χ0) is 27.7. The molecular weight excluding hydrogens is 536 g/mol. The van der Waals surface area contributed by atoms with E-state index in [9.17, 15) is 14.7 Å². The van der Waals surface area contributed by atoms with Gasteiger partial charge in [0.2, 0.25) is 0 Å². The largest absolute Gasteiger partial charge is 0.507 e. The number of anilines is 1. The normalized spacial score (nSPS) is 16.7. The molecule has 1 aliphatic heterocycles. The van der Waals surface area contributed by atoms with Gasteiger partial charge in [-0.15, -0.1) is 0 Å². The Kier molecular flexibility index (Phi) is 7.59. The second-order valence-electron chi connectivity index (χ2n) is 9.26. The summed E-state index contributed by atoms with van der Waals surface area (Å²) in [6, 6.07) is 16.7. The van der Waals surface area contributed by atoms with Gasteiger partial charge in [-0.3, -0.25) is 14.5 Å². The number of unbranched alkanes of at least 4 members (excludes halogenated alkanes) is 1. The first-order chi connectivity index (χ1) is 18.8. The highest BCUT2D eigenvalue weighted by Crippen LogP contribution is 2.46. The molecule has 0 spiro atoms. The summed E-state index contributed by atoms with van der Waals surface area (Å²) in [4.78, 5) is 33.0. The molecule has 1 N–H and O–H groups in total. The van der Waals surface area contributed by atoms with E-state index < -0.39 is 17.7 Å². The highest BCUT2D eigenvalue weighted by molar-refractivity contribution is 7.22. The molecule has 1 unspecified atom stereocenters. The highest BCUT2D eigenvalue weighted by Gasteiger charge is 2.48. The predicted molar refractivity (Wildman–Crippen MR) is 154 cm³/mol. The second kappa shape index (κ2) is 11.1. The van der Waals surface area contributed by atoms with E-state index in [4.69, 9.17) is 21.1 Å². The molecule has 1 aromatic heterocycles. The monoisotopic (exact) mass is 562 g/mol. The van der Waals surface area contributed by atoms with Crippen molar-refractivity contribution in [3.8, 4) is 11.5 Å². The number of aryl methyl sites for hydroxylation is 1. The highest BCUT2D eigenvalue weighted by atomic mass is 35.5. The molecule has 3 aromatic carbocycles. The van der Waals surface area contributed by atoms with Crippen LogP contribution in [-0.2, 0) is 9.59 Å². The molecule has 0 saturated carbocycles. The van der Waals surface area contributed by atoms with Crippen molar-refractivity contribution >= 4 is 55.7 Å². The Hall–Kier alpha value is -3.88. The molecule has 1 atom stereocenters. The van der Waals surface area contributed by atoms with Gasteiger partial charge in [0.05, 0.1) is 35.5 Å². The lowest BCUT2D eigenvalue weighted by molar-refractivity contribution is -0.132. The number of ketones is 1. The molecule has 2 heterocycles. The van der Waals surface area contributed by atoms with Crippen LogP contribution in [0.25, 0.3) is 16.0 Å². The summed E-state index contributed by atoms with van der Waals surface area (Å²) >= 11 is 7.43. The van der Waals surface area contributed by atoms with Gasteiger partial charge in [0.15, 0.2) is 16.6 Å². The van der Waals surface area contributed by atoms with Crippen molar-refractivity contribution < 1.29 is 24.2 Å². The van der Waals surface area contributed by atoms with E-state index in [1.807, 2.05) is 19.1 Å². The summed E-state index contributed by atoms with van der Waals surface area (Å²) in [7, 11) is 1.53. The Balaban J connectivity index is 1.68. The number of thiazole rings is 1. The molecule has 0 radical (unpaired) electrons. The Labute approximate surface area is 235 Å². The van der Waals surface area contributed by atoms with Crippen LogP contribution in [0.4, 0.5) is 5.13 Å². The number of methoxy groups -OCH3 is 1. The number of carbonyl (C=O) groups is 2. The van der Waals surface area contributed by atoms with Gasteiger partial charge in [0.1, 0.15) is 5.76 Å². The van der Waals surface area contributed by atoms with E-state index in [1.54, 1.807) is 48.5 Å². The smallest absolute Gasteiger partial charge is 0.301 e. The SMILES string of the molecule is CCCCOc1ccc(C2/C(=C(\O)c3ccc(C)cc3)C(=O)C(=O)N2c2nc3ccc(Cl)cc3s2)cc1OC. The number of hydrogen-bond donors (Lipinski definition) is 1. The molecule has 1 fully saturated rings. The first-order valence-corrected chi connectivity index (χ1v) is 13.8. The van der Waals surface area contributed by atoms with E-state index in [0.29, 0.717) is 44.9 Å². The van der Waals surface area contributed by atoms with Gasteiger partial charge in [-0.25, -0.2) is 4.98 Å². The topological polar surface area (TPSA) is 89.0 Å². The van der Waals surface area contributed by atoms with E-state index in [-0.39, 0.29) is 11.3 Å². The predicted octanol–water partition coefficient (Wildman–Crippen LogP) is 7.07. The van der Waals surface area contributed by atoms with Crippen LogP contribution in [0.3, 0.4) is 0 Å². The van der Waals surface area contributed by atoms with E-state index in [2.05, 4.69) is 11.9 Å². The maximum Gasteiger partial charge on any atom is 0.301 e. The molecule has 200 valence electrons. The van der Waals surface area contributed by atoms with Crippen LogP contribution in [-0.4, -0.2) is 35.5 Å². The van der Waals surface area contributed by atoms with Crippen molar-refractivity contribution in [2.75, 3.05) is 18.6 Å². The molecule has 9 heteroatoms. The summed E-state index contributed by atoms with van der Waals surface area (Å²) in [6.07, 6.45) is 1.88. The fourth-order valence-electron chi connectivity index (χ4n) is 4.50. The zero-order valence-electron chi connectivity index (χ0n) is 21.7. The van der Waals surface area contributed by atoms with Crippen LogP contribution in [0.15, 0.2) is 66.2 Å². The Morgan fingerprint density at radius 3 is 2.56 bits per heavy atom. The quantitative estimate of drug-likeness (QED) is 0.107. The van der Waals surface area contributed by atoms with Gasteiger partial charge in [-0.2, -0.15) is 0 Å². The van der Waals surface area contributed by atoms with Gasteiger partial charge >= 0.3 is 5.91 Å². The number of Topliss-reactive ketones (excluding diaryl/α,β-unsaturated/α-hetero) is 1. The van der Waals surface area contributed by atoms with Crippen LogP contribution < -0.4 is 14.4 Å². The summed E-state index contributed by atoms with van der Waals surface area (Å²) in [6.45, 7) is 4.54. The van der Waals surface area contributed by atoms with Crippen LogP contribution >= 0.6 is 22.9 Å². The number of hydrogen-bond acceptors (Lipinski definition) is 7. The van der Waals surface area contributed by atoms with Gasteiger partial charge in [0.25, 0.3) is 5.78 Å². The van der Waals surface area contributed by atoms with Gasteiger partial charge in [-0.05, 0) is 49.2 Å². The first kappa shape index (κ1) is 26.7. The summed E-state index contributed by atoms with van der Waals surface area (Å²) in [5.74, 6) is -0.814. The summed E-state index contributed by atoms with van der Waals surface area (Å²) in [5.41, 5.74) is 2.63. The molecular formula is C30H27ClN2O5S. The minimum atomic E-state index is -0.944. The third-order valence-electron chi connectivity index (χ3n) is 6.57. The Bertz CT molecular complexity index is 1590. The standard InChI is InChI=1S/C30H27ClN2O5S/c1-4-5-14-38-22-13-10-19(15-23(22)37-3)26-25(27(34)18-8-6-17(2)7-9-18)28(35)29(36)33(26)30-32-21-12-11-20(31)16-24(21)39-30/h6-13,15-16,26,34H,4-5,14H2,1-3H3/b27-25+. The summed E-state index contributed by atoms with van der Waals surface area (Å²) < 4.78 is 12.3. The van der Waals surface area contributed by atoms with Crippen LogP contribution in [0.5, 0.6) is 11.5 Å².